The molecule has 0 atom stereocenters. The van der Waals surface area contributed by atoms with E-state index in [2.05, 4.69) is 15.2 Å². The van der Waals surface area contributed by atoms with Gasteiger partial charge < -0.3 is 9.15 Å². The predicted octanol–water partition coefficient (Wildman–Crippen LogP) is 1.62. The summed E-state index contributed by atoms with van der Waals surface area (Å²) in [6.07, 6.45) is 3.31. The zero-order valence-corrected chi connectivity index (χ0v) is 9.51. The smallest absolute Gasteiger partial charge is 0.396 e. The molecule has 17 heavy (non-hydrogen) atoms. The van der Waals surface area contributed by atoms with Crippen LogP contribution >= 0.6 is 0 Å². The van der Waals surface area contributed by atoms with E-state index in [0.717, 1.165) is 5.56 Å². The molecule has 88 valence electrons. The number of nitrogens with zero attached hydrogens (tertiary/aromatic N) is 3. The van der Waals surface area contributed by atoms with Crippen molar-refractivity contribution in [3.05, 3.63) is 29.9 Å². The quantitative estimate of drug-likeness (QED) is 0.749. The van der Waals surface area contributed by atoms with Crippen LogP contribution in [0.2, 0.25) is 0 Å². The SMILES string of the molecule is CCOC(=O)c1nnc(-c2cncc(C)c2)o1. The first-order valence-corrected chi connectivity index (χ1v) is 5.13. The average molecular weight is 233 g/mol. The molecule has 0 saturated heterocycles. The van der Waals surface area contributed by atoms with Gasteiger partial charge in [-0.25, -0.2) is 4.79 Å². The van der Waals surface area contributed by atoms with Gasteiger partial charge in [0.05, 0.1) is 12.2 Å². The maximum Gasteiger partial charge on any atom is 0.396 e. The molecule has 2 aromatic heterocycles. The number of pyridine rings is 1. The second kappa shape index (κ2) is 4.73. The Balaban J connectivity index is 2.27. The summed E-state index contributed by atoms with van der Waals surface area (Å²) in [6.45, 7) is 3.88. The Hall–Kier alpha value is -2.24. The second-order valence-electron chi connectivity index (χ2n) is 3.38. The van der Waals surface area contributed by atoms with Gasteiger partial charge in [0.15, 0.2) is 0 Å². The number of esters is 1. The number of rotatable bonds is 3. The Morgan fingerprint density at radius 1 is 1.41 bits per heavy atom. The highest BCUT2D eigenvalue weighted by molar-refractivity contribution is 5.84. The van der Waals surface area contributed by atoms with E-state index in [1.165, 1.54) is 0 Å². The highest BCUT2D eigenvalue weighted by Gasteiger charge is 2.16. The number of carbonyl (C=O) groups is 1. The van der Waals surface area contributed by atoms with E-state index in [0.29, 0.717) is 5.56 Å². The molecule has 0 unspecified atom stereocenters. The Morgan fingerprint density at radius 3 is 2.94 bits per heavy atom. The van der Waals surface area contributed by atoms with Crippen LogP contribution in [-0.2, 0) is 4.74 Å². The summed E-state index contributed by atoms with van der Waals surface area (Å²) in [6, 6.07) is 1.84. The number of aromatic nitrogens is 3. The third-order valence-electron chi connectivity index (χ3n) is 2.00. The lowest BCUT2D eigenvalue weighted by molar-refractivity contribution is 0.0481. The van der Waals surface area contributed by atoms with Crippen molar-refractivity contribution in [1.82, 2.24) is 15.2 Å². The molecule has 0 aromatic carbocycles. The summed E-state index contributed by atoms with van der Waals surface area (Å²) >= 11 is 0. The lowest BCUT2D eigenvalue weighted by Crippen LogP contribution is -2.04. The van der Waals surface area contributed by atoms with Gasteiger partial charge in [-0.2, -0.15) is 0 Å². The molecule has 0 aliphatic carbocycles. The van der Waals surface area contributed by atoms with Gasteiger partial charge in [0, 0.05) is 12.4 Å². The van der Waals surface area contributed by atoms with E-state index < -0.39 is 5.97 Å². The first-order chi connectivity index (χ1) is 8.20. The zero-order chi connectivity index (χ0) is 12.3. The highest BCUT2D eigenvalue weighted by atomic mass is 16.5. The standard InChI is InChI=1S/C11H11N3O3/c1-3-16-11(15)10-14-13-9(17-10)8-4-7(2)5-12-6-8/h4-6H,3H2,1-2H3. The molecule has 0 bridgehead atoms. The number of aryl methyl sites for hydroxylation is 1. The maximum atomic E-state index is 11.3. The van der Waals surface area contributed by atoms with E-state index in [9.17, 15) is 4.79 Å². The lowest BCUT2D eigenvalue weighted by Gasteiger charge is -1.96. The van der Waals surface area contributed by atoms with Gasteiger partial charge in [-0.1, -0.05) is 0 Å². The Bertz CT molecular complexity index is 536. The third kappa shape index (κ3) is 2.47. The van der Waals surface area contributed by atoms with Crippen LogP contribution in [0, 0.1) is 6.92 Å². The first kappa shape index (κ1) is 11.3. The predicted molar refractivity (Wildman–Crippen MR) is 58.2 cm³/mol. The molecule has 6 nitrogen and oxygen atoms in total. The molecule has 2 rings (SSSR count). The van der Waals surface area contributed by atoms with Gasteiger partial charge in [-0.05, 0) is 25.5 Å². The minimum absolute atomic E-state index is 0.150. The third-order valence-corrected chi connectivity index (χ3v) is 2.00. The van der Waals surface area contributed by atoms with Gasteiger partial charge in [0.2, 0.25) is 5.89 Å². The fraction of sp³-hybridized carbons (Fsp3) is 0.273. The van der Waals surface area contributed by atoms with Crippen LogP contribution in [0.15, 0.2) is 22.9 Å². The summed E-state index contributed by atoms with van der Waals surface area (Å²) < 4.78 is 9.95. The Kier molecular flexibility index (Phi) is 3.13. The molecule has 0 fully saturated rings. The summed E-state index contributed by atoms with van der Waals surface area (Å²) in [5.74, 6) is -0.514. The van der Waals surface area contributed by atoms with Crippen LogP contribution in [0.4, 0.5) is 0 Å². The van der Waals surface area contributed by atoms with Crippen molar-refractivity contribution in [2.24, 2.45) is 0 Å². The largest absolute Gasteiger partial charge is 0.459 e. The molecule has 6 heteroatoms. The van der Waals surface area contributed by atoms with Gasteiger partial charge in [-0.3, -0.25) is 4.98 Å². The van der Waals surface area contributed by atoms with Crippen molar-refractivity contribution in [3.8, 4) is 11.5 Å². The van der Waals surface area contributed by atoms with Crippen molar-refractivity contribution >= 4 is 5.97 Å². The second-order valence-corrected chi connectivity index (χ2v) is 3.38. The molecular weight excluding hydrogens is 222 g/mol. The minimum Gasteiger partial charge on any atom is -0.459 e. The highest BCUT2D eigenvalue weighted by Crippen LogP contribution is 2.17. The summed E-state index contributed by atoms with van der Waals surface area (Å²) in [4.78, 5) is 15.3. The van der Waals surface area contributed by atoms with Crippen LogP contribution in [0.25, 0.3) is 11.5 Å². The molecule has 0 amide bonds. The topological polar surface area (TPSA) is 78.1 Å². The van der Waals surface area contributed by atoms with Crippen molar-refractivity contribution in [2.75, 3.05) is 6.61 Å². The van der Waals surface area contributed by atoms with Gasteiger partial charge in [0.1, 0.15) is 0 Å². The molecule has 0 N–H and O–H groups in total. The van der Waals surface area contributed by atoms with E-state index in [-0.39, 0.29) is 18.4 Å². The van der Waals surface area contributed by atoms with Crippen molar-refractivity contribution in [3.63, 3.8) is 0 Å². The molecular formula is C11H11N3O3. The molecule has 0 radical (unpaired) electrons. The van der Waals surface area contributed by atoms with Crippen LogP contribution in [0.3, 0.4) is 0 Å². The number of carbonyl (C=O) groups excluding carboxylic acids is 1. The molecule has 0 spiro atoms. The number of hydrogen-bond donors (Lipinski definition) is 0. The fourth-order valence-corrected chi connectivity index (χ4v) is 1.29. The molecule has 0 saturated carbocycles. The number of ether oxygens (including phenoxy) is 1. The van der Waals surface area contributed by atoms with Crippen LogP contribution in [0.1, 0.15) is 23.2 Å². The van der Waals surface area contributed by atoms with Gasteiger partial charge in [-0.15, -0.1) is 10.2 Å². The maximum absolute atomic E-state index is 11.3. The zero-order valence-electron chi connectivity index (χ0n) is 9.51. The van der Waals surface area contributed by atoms with Crippen LogP contribution in [0.5, 0.6) is 0 Å². The average Bonchev–Trinajstić information content (AvgIpc) is 2.78. The van der Waals surface area contributed by atoms with Gasteiger partial charge >= 0.3 is 11.9 Å². The van der Waals surface area contributed by atoms with E-state index in [4.69, 9.17) is 9.15 Å². The van der Waals surface area contributed by atoms with E-state index >= 15 is 0 Å². The Labute approximate surface area is 97.6 Å². The van der Waals surface area contributed by atoms with Crippen LogP contribution in [-0.4, -0.2) is 27.8 Å². The minimum atomic E-state index is -0.619. The molecule has 2 aromatic rings. The Morgan fingerprint density at radius 2 is 2.24 bits per heavy atom. The van der Waals surface area contributed by atoms with Crippen LogP contribution < -0.4 is 0 Å². The lowest BCUT2D eigenvalue weighted by atomic mass is 10.2. The van der Waals surface area contributed by atoms with E-state index in [1.54, 1.807) is 19.3 Å². The van der Waals surface area contributed by atoms with E-state index in [1.807, 2.05) is 13.0 Å². The molecule has 0 aliphatic heterocycles. The normalized spacial score (nSPS) is 10.2. The fourth-order valence-electron chi connectivity index (χ4n) is 1.29. The first-order valence-electron chi connectivity index (χ1n) is 5.13. The summed E-state index contributed by atoms with van der Waals surface area (Å²) in [5.41, 5.74) is 1.64. The van der Waals surface area contributed by atoms with Gasteiger partial charge in [0.25, 0.3) is 0 Å². The molecule has 0 aliphatic rings. The summed E-state index contributed by atoms with van der Waals surface area (Å²) in [7, 11) is 0. The van der Waals surface area contributed by atoms with Crippen molar-refractivity contribution < 1.29 is 13.9 Å². The van der Waals surface area contributed by atoms with Crippen molar-refractivity contribution in [2.45, 2.75) is 13.8 Å². The monoisotopic (exact) mass is 233 g/mol. The summed E-state index contributed by atoms with van der Waals surface area (Å²) in [5, 5.41) is 7.40. The van der Waals surface area contributed by atoms with Crippen molar-refractivity contribution in [1.29, 1.82) is 0 Å². The number of hydrogen-bond acceptors (Lipinski definition) is 6. The molecule has 2 heterocycles.